The molecule has 0 spiro atoms. The minimum atomic E-state index is -0.960. The van der Waals surface area contributed by atoms with Gasteiger partial charge in [-0.15, -0.1) is 0 Å². The van der Waals surface area contributed by atoms with E-state index in [2.05, 4.69) is 10.6 Å². The molecule has 0 saturated carbocycles. The number of nitrogens with one attached hydrogen (secondary N) is 3. The summed E-state index contributed by atoms with van der Waals surface area (Å²) in [6.07, 6.45) is 0.671. The molecule has 0 aliphatic carbocycles. The van der Waals surface area contributed by atoms with Crippen LogP contribution in [0, 0.1) is 5.41 Å². The second kappa shape index (κ2) is 5.98. The summed E-state index contributed by atoms with van der Waals surface area (Å²) in [5.41, 5.74) is 2.27. The average molecular weight is 348 g/mol. The Morgan fingerprint density at radius 2 is 1.85 bits per heavy atom. The lowest BCUT2D eigenvalue weighted by Crippen LogP contribution is -2.41. The van der Waals surface area contributed by atoms with Crippen LogP contribution in [-0.4, -0.2) is 29.2 Å². The van der Waals surface area contributed by atoms with E-state index in [-0.39, 0.29) is 24.3 Å². The maximum atomic E-state index is 13.1. The molecule has 1 atom stereocenters. The van der Waals surface area contributed by atoms with Crippen LogP contribution in [0.15, 0.2) is 48.5 Å². The van der Waals surface area contributed by atoms with Crippen molar-refractivity contribution in [2.75, 3.05) is 6.54 Å². The number of fused-ring (bicyclic) bond motifs is 7. The van der Waals surface area contributed by atoms with E-state index in [4.69, 9.17) is 5.41 Å². The van der Waals surface area contributed by atoms with E-state index < -0.39 is 5.54 Å². The summed E-state index contributed by atoms with van der Waals surface area (Å²) in [5.74, 6) is -0.218. The quantitative estimate of drug-likeness (QED) is 0.678. The molecular weight excluding hydrogens is 328 g/mol. The van der Waals surface area contributed by atoms with Gasteiger partial charge in [-0.1, -0.05) is 36.4 Å². The van der Waals surface area contributed by atoms with Crippen LogP contribution in [-0.2, 0) is 23.3 Å². The van der Waals surface area contributed by atoms with Gasteiger partial charge in [-0.25, -0.2) is 0 Å². The van der Waals surface area contributed by atoms with Crippen molar-refractivity contribution in [3.8, 4) is 0 Å². The van der Waals surface area contributed by atoms with Crippen LogP contribution in [0.1, 0.15) is 34.0 Å². The third-order valence-corrected chi connectivity index (χ3v) is 5.04. The Hall–Kier alpha value is -3.15. The molecule has 0 aromatic heterocycles. The topological polar surface area (TPSA) is 85.3 Å². The van der Waals surface area contributed by atoms with Crippen LogP contribution in [0.3, 0.4) is 0 Å². The SMILES string of the molecule is CC12NC(=N)N(Cc3cccc(c3)C(=O)NCCc3cccc1c3)C2=O. The summed E-state index contributed by atoms with van der Waals surface area (Å²) in [7, 11) is 0. The van der Waals surface area contributed by atoms with E-state index in [1.807, 2.05) is 37.3 Å². The van der Waals surface area contributed by atoms with Crippen molar-refractivity contribution < 1.29 is 9.59 Å². The molecule has 2 amide bonds. The Labute approximate surface area is 151 Å². The average Bonchev–Trinajstić information content (AvgIpc) is 2.86. The van der Waals surface area contributed by atoms with Crippen LogP contribution in [0.2, 0.25) is 0 Å². The number of amides is 2. The summed E-state index contributed by atoms with van der Waals surface area (Å²) in [6.45, 7) is 2.58. The van der Waals surface area contributed by atoms with Gasteiger partial charge in [0.25, 0.3) is 11.8 Å². The van der Waals surface area contributed by atoms with Gasteiger partial charge < -0.3 is 10.6 Å². The van der Waals surface area contributed by atoms with Crippen LogP contribution in [0.25, 0.3) is 0 Å². The smallest absolute Gasteiger partial charge is 0.259 e. The van der Waals surface area contributed by atoms with Gasteiger partial charge in [0.1, 0.15) is 5.54 Å². The molecule has 1 unspecified atom stereocenters. The molecule has 4 rings (SSSR count). The first-order valence-corrected chi connectivity index (χ1v) is 8.63. The Bertz CT molecular complexity index is 924. The van der Waals surface area contributed by atoms with Crippen molar-refractivity contribution in [3.05, 3.63) is 70.8 Å². The summed E-state index contributed by atoms with van der Waals surface area (Å²) in [4.78, 5) is 26.9. The number of carbonyl (C=O) groups excluding carboxylic acids is 2. The summed E-state index contributed by atoms with van der Waals surface area (Å²) in [6, 6.07) is 15.0. The number of hydrogen-bond donors (Lipinski definition) is 3. The van der Waals surface area contributed by atoms with E-state index in [9.17, 15) is 9.59 Å². The Balaban J connectivity index is 1.80. The summed E-state index contributed by atoms with van der Waals surface area (Å²) in [5, 5.41) is 14.2. The molecule has 1 saturated heterocycles. The summed E-state index contributed by atoms with van der Waals surface area (Å²) >= 11 is 0. The molecule has 6 heteroatoms. The van der Waals surface area contributed by atoms with E-state index in [1.54, 1.807) is 18.2 Å². The van der Waals surface area contributed by atoms with Gasteiger partial charge in [0, 0.05) is 12.1 Å². The van der Waals surface area contributed by atoms with Gasteiger partial charge in [-0.3, -0.25) is 19.9 Å². The first-order valence-electron chi connectivity index (χ1n) is 8.63. The van der Waals surface area contributed by atoms with Gasteiger partial charge in [0.15, 0.2) is 5.96 Å². The highest BCUT2D eigenvalue weighted by atomic mass is 16.2. The van der Waals surface area contributed by atoms with Crippen molar-refractivity contribution in [3.63, 3.8) is 0 Å². The second-order valence-electron chi connectivity index (χ2n) is 6.90. The third kappa shape index (κ3) is 2.63. The summed E-state index contributed by atoms with van der Waals surface area (Å²) < 4.78 is 0. The van der Waals surface area contributed by atoms with Crippen LogP contribution in [0.5, 0.6) is 0 Å². The highest BCUT2D eigenvalue weighted by molar-refractivity contribution is 6.08. The van der Waals surface area contributed by atoms with E-state index >= 15 is 0 Å². The van der Waals surface area contributed by atoms with Crippen molar-refractivity contribution in [2.24, 2.45) is 0 Å². The fourth-order valence-corrected chi connectivity index (χ4v) is 3.53. The predicted molar refractivity (Wildman–Crippen MR) is 97.7 cm³/mol. The molecule has 2 aliphatic rings. The molecule has 0 radical (unpaired) electrons. The molecule has 2 aromatic carbocycles. The lowest BCUT2D eigenvalue weighted by molar-refractivity contribution is -0.131. The van der Waals surface area contributed by atoms with Gasteiger partial charge in [0.05, 0.1) is 6.54 Å². The van der Waals surface area contributed by atoms with Crippen LogP contribution >= 0.6 is 0 Å². The zero-order valence-electron chi connectivity index (χ0n) is 14.5. The minimum Gasteiger partial charge on any atom is -0.352 e. The normalized spacial score (nSPS) is 22.5. The molecule has 6 bridgehead atoms. The lowest BCUT2D eigenvalue weighted by atomic mass is 9.90. The largest absolute Gasteiger partial charge is 0.352 e. The Morgan fingerprint density at radius 1 is 1.08 bits per heavy atom. The number of benzene rings is 2. The number of nitrogens with zero attached hydrogens (tertiary/aromatic N) is 1. The fraction of sp³-hybridized carbons (Fsp3) is 0.250. The first-order chi connectivity index (χ1) is 12.5. The van der Waals surface area contributed by atoms with E-state index in [0.717, 1.165) is 16.7 Å². The highest BCUT2D eigenvalue weighted by Gasteiger charge is 2.47. The first kappa shape index (κ1) is 16.3. The van der Waals surface area contributed by atoms with Crippen molar-refractivity contribution >= 4 is 17.8 Å². The van der Waals surface area contributed by atoms with Crippen molar-refractivity contribution in [1.82, 2.24) is 15.5 Å². The molecule has 6 nitrogen and oxygen atoms in total. The molecule has 1 fully saturated rings. The maximum Gasteiger partial charge on any atom is 0.259 e. The fourth-order valence-electron chi connectivity index (χ4n) is 3.53. The van der Waals surface area contributed by atoms with Gasteiger partial charge in [0.2, 0.25) is 0 Å². The molecular formula is C20H20N4O2. The second-order valence-corrected chi connectivity index (χ2v) is 6.90. The van der Waals surface area contributed by atoms with Gasteiger partial charge >= 0.3 is 0 Å². The zero-order valence-corrected chi connectivity index (χ0v) is 14.5. The third-order valence-electron chi connectivity index (χ3n) is 5.04. The monoisotopic (exact) mass is 348 g/mol. The van der Waals surface area contributed by atoms with Gasteiger partial charge in [-0.05, 0) is 42.2 Å². The van der Waals surface area contributed by atoms with Crippen LogP contribution < -0.4 is 10.6 Å². The zero-order chi connectivity index (χ0) is 18.3. The van der Waals surface area contributed by atoms with E-state index in [0.29, 0.717) is 18.5 Å². The van der Waals surface area contributed by atoms with Crippen molar-refractivity contribution in [1.29, 1.82) is 5.41 Å². The molecule has 26 heavy (non-hydrogen) atoms. The Morgan fingerprint density at radius 3 is 2.69 bits per heavy atom. The van der Waals surface area contributed by atoms with Crippen LogP contribution in [0.4, 0.5) is 0 Å². The number of hydrogen-bond acceptors (Lipinski definition) is 3. The predicted octanol–water partition coefficient (Wildman–Crippen LogP) is 1.75. The van der Waals surface area contributed by atoms with Gasteiger partial charge in [-0.2, -0.15) is 0 Å². The lowest BCUT2D eigenvalue weighted by Gasteiger charge is -2.23. The number of carbonyl (C=O) groups is 2. The van der Waals surface area contributed by atoms with Crippen molar-refractivity contribution in [2.45, 2.75) is 25.4 Å². The molecule has 2 aromatic rings. The minimum absolute atomic E-state index is 0.0765. The number of rotatable bonds is 0. The molecule has 132 valence electrons. The highest BCUT2D eigenvalue weighted by Crippen LogP contribution is 2.30. The van der Waals surface area contributed by atoms with E-state index in [1.165, 1.54) is 4.90 Å². The maximum absolute atomic E-state index is 13.1. The molecule has 3 N–H and O–H groups in total. The standard InChI is InChI=1S/C20H20N4O2/c1-20-16-7-3-4-13(11-16)8-9-22-17(25)15-6-2-5-14(10-15)12-24(18(20)26)19(21)23-20/h2-7,10-11H,8-9,12H2,1H3,(H2,21,23)(H,22,25). The molecule has 2 aliphatic heterocycles. The molecule has 2 heterocycles. The number of guanidine groups is 1. The Kier molecular flexibility index (Phi) is 3.76.